The van der Waals surface area contributed by atoms with E-state index >= 15 is 0 Å². The number of allylic oxidation sites excluding steroid dienone is 1. The number of nitrogen functional groups attached to an aromatic ring is 1. The van der Waals surface area contributed by atoms with Crippen LogP contribution in [0.5, 0.6) is 5.75 Å². The summed E-state index contributed by atoms with van der Waals surface area (Å²) in [6, 6.07) is 4.98. The minimum Gasteiger partial charge on any atom is -0.497 e. The highest BCUT2D eigenvalue weighted by Crippen LogP contribution is 2.21. The van der Waals surface area contributed by atoms with Gasteiger partial charge in [-0.3, -0.25) is 4.79 Å². The molecule has 74 valence electrons. The van der Waals surface area contributed by atoms with Crippen LogP contribution in [0.3, 0.4) is 0 Å². The summed E-state index contributed by atoms with van der Waals surface area (Å²) in [4.78, 5) is 11.6. The molecular weight excluding hydrogens is 178 g/mol. The molecule has 0 saturated carbocycles. The monoisotopic (exact) mass is 191 g/mol. The number of ether oxygens (including phenoxy) is 1. The summed E-state index contributed by atoms with van der Waals surface area (Å²) >= 11 is 0. The maximum Gasteiger partial charge on any atom is 0.190 e. The van der Waals surface area contributed by atoms with E-state index in [-0.39, 0.29) is 5.78 Å². The Hall–Kier alpha value is -1.77. The highest BCUT2D eigenvalue weighted by molar-refractivity contribution is 6.11. The fraction of sp³-hybridized carbons (Fsp3) is 0.182. The van der Waals surface area contributed by atoms with Crippen molar-refractivity contribution in [2.75, 3.05) is 12.8 Å². The number of methoxy groups -OCH3 is 1. The molecule has 0 aromatic heterocycles. The van der Waals surface area contributed by atoms with E-state index < -0.39 is 0 Å². The smallest absolute Gasteiger partial charge is 0.190 e. The zero-order valence-corrected chi connectivity index (χ0v) is 8.33. The van der Waals surface area contributed by atoms with Crippen LogP contribution in [0.15, 0.2) is 30.4 Å². The van der Waals surface area contributed by atoms with E-state index in [4.69, 9.17) is 10.5 Å². The number of carbonyl (C=O) groups is 1. The number of carbonyl (C=O) groups excluding carboxylic acids is 1. The van der Waals surface area contributed by atoms with E-state index in [1.54, 1.807) is 32.2 Å². The van der Waals surface area contributed by atoms with Gasteiger partial charge in [-0.15, -0.1) is 0 Å². The number of ketones is 1. The average Bonchev–Trinajstić information content (AvgIpc) is 2.17. The summed E-state index contributed by atoms with van der Waals surface area (Å²) in [6.07, 6.45) is 0. The lowest BCUT2D eigenvalue weighted by molar-refractivity contribution is 0.103. The molecule has 1 aromatic rings. The van der Waals surface area contributed by atoms with Gasteiger partial charge >= 0.3 is 0 Å². The molecule has 0 aliphatic carbocycles. The number of hydrogen-bond donors (Lipinski definition) is 1. The van der Waals surface area contributed by atoms with Crippen LogP contribution >= 0.6 is 0 Å². The summed E-state index contributed by atoms with van der Waals surface area (Å²) < 4.78 is 5.00. The van der Waals surface area contributed by atoms with Crippen molar-refractivity contribution in [3.8, 4) is 5.75 Å². The normalized spacial score (nSPS) is 9.57. The molecule has 0 fully saturated rings. The van der Waals surface area contributed by atoms with E-state index in [9.17, 15) is 4.79 Å². The molecule has 0 atom stereocenters. The Morgan fingerprint density at radius 2 is 2.14 bits per heavy atom. The molecule has 0 heterocycles. The Bertz CT molecular complexity index is 383. The zero-order chi connectivity index (χ0) is 10.7. The molecule has 1 rings (SSSR count). The minimum atomic E-state index is -0.151. The summed E-state index contributed by atoms with van der Waals surface area (Å²) in [5, 5.41) is 0. The van der Waals surface area contributed by atoms with Gasteiger partial charge in [0, 0.05) is 11.3 Å². The Morgan fingerprint density at radius 3 is 2.64 bits per heavy atom. The van der Waals surface area contributed by atoms with Crippen LogP contribution in [0.2, 0.25) is 0 Å². The second kappa shape index (κ2) is 3.96. The maximum absolute atomic E-state index is 11.6. The molecule has 0 aliphatic heterocycles. The first-order valence-corrected chi connectivity index (χ1v) is 4.20. The van der Waals surface area contributed by atoms with Crippen molar-refractivity contribution >= 4 is 11.5 Å². The third kappa shape index (κ3) is 1.93. The number of Topliss-reactive ketones (excluding diaryl/α,β-unsaturated/α-hetero) is 1. The molecule has 0 aliphatic rings. The highest BCUT2D eigenvalue weighted by atomic mass is 16.5. The Morgan fingerprint density at radius 1 is 1.50 bits per heavy atom. The maximum atomic E-state index is 11.6. The van der Waals surface area contributed by atoms with Gasteiger partial charge in [0.05, 0.1) is 7.11 Å². The first-order chi connectivity index (χ1) is 6.56. The fourth-order valence-corrected chi connectivity index (χ4v) is 1.09. The van der Waals surface area contributed by atoms with Gasteiger partial charge in [-0.25, -0.2) is 0 Å². The van der Waals surface area contributed by atoms with E-state index in [2.05, 4.69) is 6.58 Å². The van der Waals surface area contributed by atoms with Gasteiger partial charge in [-0.2, -0.15) is 0 Å². The van der Waals surface area contributed by atoms with Gasteiger partial charge in [0.15, 0.2) is 5.78 Å². The van der Waals surface area contributed by atoms with Crippen LogP contribution in [-0.4, -0.2) is 12.9 Å². The van der Waals surface area contributed by atoms with Crippen molar-refractivity contribution in [3.63, 3.8) is 0 Å². The van der Waals surface area contributed by atoms with Crippen LogP contribution in [-0.2, 0) is 0 Å². The second-order valence-corrected chi connectivity index (χ2v) is 3.06. The molecule has 0 spiro atoms. The number of rotatable bonds is 3. The van der Waals surface area contributed by atoms with Gasteiger partial charge < -0.3 is 10.5 Å². The van der Waals surface area contributed by atoms with Crippen LogP contribution in [0, 0.1) is 0 Å². The van der Waals surface area contributed by atoms with Gasteiger partial charge in [-0.05, 0) is 30.7 Å². The van der Waals surface area contributed by atoms with Crippen molar-refractivity contribution < 1.29 is 9.53 Å². The summed E-state index contributed by atoms with van der Waals surface area (Å²) in [5.74, 6) is 0.463. The average molecular weight is 191 g/mol. The van der Waals surface area contributed by atoms with Crippen molar-refractivity contribution in [2.24, 2.45) is 0 Å². The second-order valence-electron chi connectivity index (χ2n) is 3.06. The Kier molecular flexibility index (Phi) is 2.92. The number of nitrogens with two attached hydrogens (primary N) is 1. The van der Waals surface area contributed by atoms with E-state index in [0.717, 1.165) is 0 Å². The van der Waals surface area contributed by atoms with E-state index in [1.807, 2.05) is 0 Å². The first-order valence-electron chi connectivity index (χ1n) is 4.20. The number of benzene rings is 1. The Balaban J connectivity index is 3.19. The zero-order valence-electron chi connectivity index (χ0n) is 8.33. The molecular formula is C11H13NO2. The highest BCUT2D eigenvalue weighted by Gasteiger charge is 2.11. The largest absolute Gasteiger partial charge is 0.497 e. The van der Waals surface area contributed by atoms with Gasteiger partial charge in [-0.1, -0.05) is 6.58 Å². The number of anilines is 1. The molecule has 0 amide bonds. The van der Waals surface area contributed by atoms with E-state index in [0.29, 0.717) is 22.6 Å². The standard InChI is InChI=1S/C11H13NO2/c1-7(2)11(13)9-6-8(14-3)4-5-10(9)12/h4-6H,1,12H2,2-3H3. The van der Waals surface area contributed by atoms with Crippen molar-refractivity contribution in [2.45, 2.75) is 6.92 Å². The lowest BCUT2D eigenvalue weighted by Gasteiger charge is -2.06. The molecule has 0 unspecified atom stereocenters. The number of hydrogen-bond acceptors (Lipinski definition) is 3. The predicted molar refractivity (Wildman–Crippen MR) is 56.6 cm³/mol. The van der Waals surface area contributed by atoms with Crippen LogP contribution < -0.4 is 10.5 Å². The first kappa shape index (κ1) is 10.3. The molecule has 14 heavy (non-hydrogen) atoms. The molecule has 3 heteroatoms. The topological polar surface area (TPSA) is 52.3 Å². The van der Waals surface area contributed by atoms with E-state index in [1.165, 1.54) is 0 Å². The molecule has 2 N–H and O–H groups in total. The summed E-state index contributed by atoms with van der Waals surface area (Å²) in [7, 11) is 1.54. The SMILES string of the molecule is C=C(C)C(=O)c1cc(OC)ccc1N. The molecule has 0 bridgehead atoms. The van der Waals surface area contributed by atoms with Gasteiger partial charge in [0.1, 0.15) is 5.75 Å². The van der Waals surface area contributed by atoms with Gasteiger partial charge in [0.25, 0.3) is 0 Å². The predicted octanol–water partition coefficient (Wildman–Crippen LogP) is 2.04. The minimum absolute atomic E-state index is 0.151. The lowest BCUT2D eigenvalue weighted by atomic mass is 10.0. The summed E-state index contributed by atoms with van der Waals surface area (Å²) in [5.41, 5.74) is 7.01. The summed E-state index contributed by atoms with van der Waals surface area (Å²) in [6.45, 7) is 5.24. The van der Waals surface area contributed by atoms with Crippen LogP contribution in [0.4, 0.5) is 5.69 Å². The quantitative estimate of drug-likeness (QED) is 0.452. The van der Waals surface area contributed by atoms with Crippen molar-refractivity contribution in [1.82, 2.24) is 0 Å². The third-order valence-corrected chi connectivity index (χ3v) is 1.89. The molecule has 3 nitrogen and oxygen atoms in total. The Labute approximate surface area is 83.2 Å². The van der Waals surface area contributed by atoms with Crippen LogP contribution in [0.1, 0.15) is 17.3 Å². The van der Waals surface area contributed by atoms with Crippen LogP contribution in [0.25, 0.3) is 0 Å². The molecule has 0 radical (unpaired) electrons. The van der Waals surface area contributed by atoms with Crippen molar-refractivity contribution in [1.29, 1.82) is 0 Å². The molecule has 0 saturated heterocycles. The lowest BCUT2D eigenvalue weighted by Crippen LogP contribution is -2.04. The fourth-order valence-electron chi connectivity index (χ4n) is 1.09. The van der Waals surface area contributed by atoms with Gasteiger partial charge in [0.2, 0.25) is 0 Å². The molecule has 1 aromatic carbocycles. The van der Waals surface area contributed by atoms with Crippen molar-refractivity contribution in [3.05, 3.63) is 35.9 Å². The third-order valence-electron chi connectivity index (χ3n) is 1.89.